The number of thiazole rings is 1. The Hall–Kier alpha value is -3.18. The predicted molar refractivity (Wildman–Crippen MR) is 158 cm³/mol. The van der Waals surface area contributed by atoms with Crippen molar-refractivity contribution in [2.75, 3.05) is 43.5 Å². The molecule has 9 nitrogen and oxygen atoms in total. The number of amides is 1. The molecular weight excluding hydrogens is 643 g/mol. The van der Waals surface area contributed by atoms with Gasteiger partial charge in [-0.2, -0.15) is 22.0 Å². The van der Waals surface area contributed by atoms with Crippen molar-refractivity contribution >= 4 is 32.2 Å². The second-order valence-electron chi connectivity index (χ2n) is 10.4. The number of nitrogens with one attached hydrogen (secondary N) is 1. The van der Waals surface area contributed by atoms with Crippen LogP contribution < -0.4 is 10.2 Å². The zero-order valence-electron chi connectivity index (χ0n) is 24.4. The topological polar surface area (TPSA) is 112 Å². The average Bonchev–Trinajstić information content (AvgIpc) is 3.52. The summed E-state index contributed by atoms with van der Waals surface area (Å²) in [6.45, 7) is 0.526. The van der Waals surface area contributed by atoms with Crippen LogP contribution in [0.2, 0.25) is 0 Å². The van der Waals surface area contributed by atoms with Crippen LogP contribution in [0.3, 0.4) is 0 Å². The minimum absolute atomic E-state index is 0.0669. The third-order valence-corrected chi connectivity index (χ3v) is 10.5. The maximum Gasteiger partial charge on any atom is 0.416 e. The lowest BCUT2D eigenvalue weighted by Crippen LogP contribution is -2.55. The fourth-order valence-electron chi connectivity index (χ4n) is 5.01. The highest BCUT2D eigenvalue weighted by molar-refractivity contribution is 7.91. The maximum absolute atomic E-state index is 13.1. The first kappa shape index (κ1) is 34.7. The van der Waals surface area contributed by atoms with Gasteiger partial charge in [0.1, 0.15) is 4.88 Å². The number of aliphatic hydroxyl groups is 1. The van der Waals surface area contributed by atoms with Crippen molar-refractivity contribution in [1.29, 1.82) is 0 Å². The van der Waals surface area contributed by atoms with Crippen molar-refractivity contribution in [3.8, 4) is 0 Å². The Labute approximate surface area is 261 Å². The number of alkyl halides is 5. The first-order valence-corrected chi connectivity index (χ1v) is 16.5. The summed E-state index contributed by atoms with van der Waals surface area (Å²) < 4.78 is 93.8. The molecule has 3 aromatic rings. The molecule has 2 heterocycles. The SMILES string of the molecule is CCS(=O)(=O)c1ccc([C@H](CO)NC(=O)c2cnc(N3CCN([C@H](C)c4ccc(C(F)(F)F)cc4)CC3COC(F)F)s2)cc1. The van der Waals surface area contributed by atoms with Crippen LogP contribution in [0.5, 0.6) is 0 Å². The monoisotopic (exact) mass is 676 g/mol. The van der Waals surface area contributed by atoms with Crippen molar-refractivity contribution in [2.24, 2.45) is 0 Å². The number of carbonyl (C=O) groups is 1. The van der Waals surface area contributed by atoms with Gasteiger partial charge in [-0.25, -0.2) is 13.4 Å². The highest BCUT2D eigenvalue weighted by Crippen LogP contribution is 2.33. The van der Waals surface area contributed by atoms with Crippen LogP contribution in [0.4, 0.5) is 27.1 Å². The van der Waals surface area contributed by atoms with Crippen LogP contribution in [0.25, 0.3) is 0 Å². The van der Waals surface area contributed by atoms with Gasteiger partial charge in [0.2, 0.25) is 0 Å². The first-order valence-electron chi connectivity index (χ1n) is 14.0. The number of ether oxygens (including phenoxy) is 1. The molecule has 1 amide bonds. The van der Waals surface area contributed by atoms with E-state index in [0.717, 1.165) is 23.5 Å². The number of sulfone groups is 1. The molecule has 1 aromatic heterocycles. The van der Waals surface area contributed by atoms with Crippen molar-refractivity contribution in [3.63, 3.8) is 0 Å². The molecule has 0 spiro atoms. The molecule has 0 radical (unpaired) electrons. The van der Waals surface area contributed by atoms with Crippen LogP contribution in [0, 0.1) is 0 Å². The van der Waals surface area contributed by atoms with Crippen molar-refractivity contribution in [1.82, 2.24) is 15.2 Å². The first-order chi connectivity index (χ1) is 21.2. The average molecular weight is 677 g/mol. The van der Waals surface area contributed by atoms with E-state index in [2.05, 4.69) is 15.0 Å². The minimum atomic E-state index is -4.46. The van der Waals surface area contributed by atoms with E-state index in [1.165, 1.54) is 49.5 Å². The summed E-state index contributed by atoms with van der Waals surface area (Å²) in [7, 11) is -3.42. The van der Waals surface area contributed by atoms with Gasteiger partial charge in [-0.1, -0.05) is 42.5 Å². The van der Waals surface area contributed by atoms with Crippen LogP contribution in [-0.4, -0.2) is 80.6 Å². The number of piperazine rings is 1. The Morgan fingerprint density at radius 2 is 1.76 bits per heavy atom. The molecule has 16 heteroatoms. The van der Waals surface area contributed by atoms with E-state index in [1.54, 1.807) is 4.90 Å². The molecule has 45 heavy (non-hydrogen) atoms. The van der Waals surface area contributed by atoms with Crippen LogP contribution in [-0.2, 0) is 20.8 Å². The third-order valence-electron chi connectivity index (χ3n) is 7.67. The van der Waals surface area contributed by atoms with Crippen molar-refractivity contribution < 1.29 is 45.0 Å². The molecule has 3 atom stereocenters. The molecule has 0 saturated carbocycles. The highest BCUT2D eigenvalue weighted by atomic mass is 32.2. The Morgan fingerprint density at radius 3 is 2.33 bits per heavy atom. The van der Waals surface area contributed by atoms with Crippen LogP contribution in [0.15, 0.2) is 59.6 Å². The fourth-order valence-corrected chi connectivity index (χ4v) is 6.81. The molecule has 1 saturated heterocycles. The number of anilines is 1. The van der Waals surface area contributed by atoms with E-state index in [1.807, 2.05) is 11.8 Å². The number of hydrogen-bond donors (Lipinski definition) is 2. The van der Waals surface area contributed by atoms with Gasteiger partial charge in [0, 0.05) is 25.7 Å². The van der Waals surface area contributed by atoms with E-state index in [4.69, 9.17) is 0 Å². The summed E-state index contributed by atoms with van der Waals surface area (Å²) in [6.07, 6.45) is -3.12. The summed E-state index contributed by atoms with van der Waals surface area (Å²) in [5.74, 6) is -0.610. The van der Waals surface area contributed by atoms with E-state index < -0.39 is 52.8 Å². The normalized spacial score (nSPS) is 17.8. The number of aromatic nitrogens is 1. The molecule has 246 valence electrons. The summed E-state index contributed by atoms with van der Waals surface area (Å²) in [4.78, 5) is 21.5. The molecule has 0 bridgehead atoms. The zero-order valence-corrected chi connectivity index (χ0v) is 26.0. The van der Waals surface area contributed by atoms with E-state index >= 15 is 0 Å². The molecule has 4 rings (SSSR count). The standard InChI is InChI=1S/C29H33F5N4O5S2/c1-3-45(41,42)23-10-6-20(7-11-23)24(16-39)36-26(40)25-14-35-28(44-25)38-13-12-37(15-22(38)17-43-27(30)31)18(2)19-4-8-21(9-5-19)29(32,33)34/h4-11,14,18,22,24,27,39H,3,12-13,15-17H2,1-2H3,(H,36,40)/t18-,22?,24+/m1/s1. The van der Waals surface area contributed by atoms with Gasteiger partial charge >= 0.3 is 12.8 Å². The molecule has 2 N–H and O–H groups in total. The van der Waals surface area contributed by atoms with Gasteiger partial charge in [0.15, 0.2) is 15.0 Å². The highest BCUT2D eigenvalue weighted by Gasteiger charge is 2.34. The molecule has 1 aliphatic rings. The smallest absolute Gasteiger partial charge is 0.394 e. The quantitative estimate of drug-likeness (QED) is 0.261. The number of carbonyl (C=O) groups excluding carboxylic acids is 1. The third kappa shape index (κ3) is 8.55. The molecule has 1 aliphatic heterocycles. The Kier molecular flexibility index (Phi) is 11.2. The van der Waals surface area contributed by atoms with E-state index in [9.17, 15) is 40.3 Å². The largest absolute Gasteiger partial charge is 0.416 e. The van der Waals surface area contributed by atoms with Crippen molar-refractivity contribution in [2.45, 2.75) is 49.7 Å². The summed E-state index contributed by atoms with van der Waals surface area (Å²) in [6, 6.07) is 8.92. The lowest BCUT2D eigenvalue weighted by atomic mass is 10.0. The number of nitrogens with zero attached hydrogens (tertiary/aromatic N) is 3. The zero-order chi connectivity index (χ0) is 32.9. The van der Waals surface area contributed by atoms with Gasteiger partial charge in [-0.05, 0) is 42.3 Å². The van der Waals surface area contributed by atoms with Crippen LogP contribution in [0.1, 0.15) is 52.3 Å². The number of rotatable bonds is 12. The minimum Gasteiger partial charge on any atom is -0.394 e. The van der Waals surface area contributed by atoms with Gasteiger partial charge in [-0.15, -0.1) is 0 Å². The molecular formula is C29H33F5N4O5S2. The second-order valence-corrected chi connectivity index (χ2v) is 13.7. The molecule has 1 fully saturated rings. The lowest BCUT2D eigenvalue weighted by molar-refractivity contribution is -0.137. The van der Waals surface area contributed by atoms with E-state index in [-0.39, 0.29) is 34.7 Å². The van der Waals surface area contributed by atoms with E-state index in [0.29, 0.717) is 29.3 Å². The molecule has 0 aliphatic carbocycles. The molecule has 1 unspecified atom stereocenters. The van der Waals surface area contributed by atoms with Crippen molar-refractivity contribution in [3.05, 3.63) is 76.3 Å². The van der Waals surface area contributed by atoms with Crippen LogP contribution >= 0.6 is 11.3 Å². The number of hydrogen-bond acceptors (Lipinski definition) is 9. The Bertz CT molecular complexity index is 1540. The number of aliphatic hydroxyl groups excluding tert-OH is 1. The van der Waals surface area contributed by atoms with Gasteiger partial charge in [0.25, 0.3) is 5.91 Å². The summed E-state index contributed by atoms with van der Waals surface area (Å²) in [5, 5.41) is 13.0. The second kappa shape index (κ2) is 14.5. The Balaban J connectivity index is 1.46. The molecule has 2 aromatic carbocycles. The number of benzene rings is 2. The lowest BCUT2D eigenvalue weighted by Gasteiger charge is -2.43. The maximum atomic E-state index is 13.1. The predicted octanol–water partition coefficient (Wildman–Crippen LogP) is 4.91. The van der Waals surface area contributed by atoms with Gasteiger partial charge in [-0.3, -0.25) is 9.69 Å². The van der Waals surface area contributed by atoms with Gasteiger partial charge < -0.3 is 20.1 Å². The van der Waals surface area contributed by atoms with Gasteiger partial charge in [0.05, 0.1) is 47.7 Å². The fraction of sp³-hybridized carbons (Fsp3) is 0.448. The summed E-state index contributed by atoms with van der Waals surface area (Å²) in [5.41, 5.74) is 0.368. The Morgan fingerprint density at radius 1 is 1.11 bits per heavy atom. The summed E-state index contributed by atoms with van der Waals surface area (Å²) >= 11 is 1.03. The number of halogens is 5.